The lowest BCUT2D eigenvalue weighted by atomic mass is 10.1. The van der Waals surface area contributed by atoms with Crippen LogP contribution in [0.3, 0.4) is 0 Å². The molecule has 27 heavy (non-hydrogen) atoms. The standard InChI is InChI=1S/C21H21N3O3/c1-24(21(25)15-5-3-2-4-6-15)11-12-27-19-10-9-16-13-18(20(22)23-26)8-7-17(16)14-19/h2-10,13-14,26H,11-12H2,1H3,(H2,22,23). The third kappa shape index (κ3) is 4.36. The summed E-state index contributed by atoms with van der Waals surface area (Å²) in [7, 11) is 1.76. The summed E-state index contributed by atoms with van der Waals surface area (Å²) >= 11 is 0. The lowest BCUT2D eigenvalue weighted by Crippen LogP contribution is -2.30. The second kappa shape index (κ2) is 8.23. The van der Waals surface area contributed by atoms with Crippen molar-refractivity contribution in [1.29, 1.82) is 0 Å². The molecule has 0 aliphatic rings. The molecule has 0 radical (unpaired) electrons. The van der Waals surface area contributed by atoms with Crippen LogP contribution in [-0.4, -0.2) is 42.0 Å². The van der Waals surface area contributed by atoms with Crippen LogP contribution in [-0.2, 0) is 0 Å². The van der Waals surface area contributed by atoms with E-state index in [0.29, 0.717) is 24.3 Å². The Morgan fingerprint density at radius 1 is 1.04 bits per heavy atom. The molecule has 1 amide bonds. The number of benzene rings is 3. The van der Waals surface area contributed by atoms with Crippen LogP contribution < -0.4 is 10.5 Å². The number of rotatable bonds is 6. The minimum atomic E-state index is -0.0339. The second-order valence-corrected chi connectivity index (χ2v) is 6.15. The monoisotopic (exact) mass is 363 g/mol. The van der Waals surface area contributed by atoms with Gasteiger partial charge in [-0.1, -0.05) is 41.6 Å². The number of likely N-dealkylation sites (N-methyl/N-ethyl adjacent to an activating group) is 1. The first-order valence-electron chi connectivity index (χ1n) is 8.53. The maximum atomic E-state index is 12.3. The van der Waals surface area contributed by atoms with Crippen molar-refractivity contribution in [3.05, 3.63) is 77.9 Å². The topological polar surface area (TPSA) is 88.2 Å². The fourth-order valence-corrected chi connectivity index (χ4v) is 2.73. The molecule has 3 N–H and O–H groups in total. The van der Waals surface area contributed by atoms with Crippen LogP contribution in [0.5, 0.6) is 5.75 Å². The van der Waals surface area contributed by atoms with E-state index in [1.807, 2.05) is 48.5 Å². The number of ether oxygens (including phenoxy) is 1. The smallest absolute Gasteiger partial charge is 0.253 e. The first-order valence-corrected chi connectivity index (χ1v) is 8.53. The third-order valence-corrected chi connectivity index (χ3v) is 4.28. The summed E-state index contributed by atoms with van der Waals surface area (Å²) in [6.07, 6.45) is 0. The average molecular weight is 363 g/mol. The minimum Gasteiger partial charge on any atom is -0.492 e. The summed E-state index contributed by atoms with van der Waals surface area (Å²) in [5.41, 5.74) is 6.93. The molecule has 0 atom stereocenters. The number of carbonyl (C=O) groups is 1. The average Bonchev–Trinajstić information content (AvgIpc) is 2.72. The maximum Gasteiger partial charge on any atom is 0.253 e. The Labute approximate surface area is 157 Å². The highest BCUT2D eigenvalue weighted by molar-refractivity contribution is 6.00. The molecule has 6 nitrogen and oxygen atoms in total. The van der Waals surface area contributed by atoms with Gasteiger partial charge in [-0.3, -0.25) is 4.79 Å². The molecule has 0 saturated carbocycles. The predicted octanol–water partition coefficient (Wildman–Crippen LogP) is 3.09. The number of amidine groups is 1. The van der Waals surface area contributed by atoms with Crippen molar-refractivity contribution < 1.29 is 14.7 Å². The first-order chi connectivity index (χ1) is 13.1. The van der Waals surface area contributed by atoms with E-state index in [4.69, 9.17) is 15.7 Å². The number of nitrogens with two attached hydrogens (primary N) is 1. The highest BCUT2D eigenvalue weighted by atomic mass is 16.5. The number of oxime groups is 1. The summed E-state index contributed by atoms with van der Waals surface area (Å²) in [5, 5.41) is 13.7. The highest BCUT2D eigenvalue weighted by Gasteiger charge is 2.11. The van der Waals surface area contributed by atoms with Crippen LogP contribution >= 0.6 is 0 Å². The Morgan fingerprint density at radius 3 is 2.48 bits per heavy atom. The zero-order valence-electron chi connectivity index (χ0n) is 15.0. The summed E-state index contributed by atoms with van der Waals surface area (Å²) in [6, 6.07) is 20.4. The zero-order valence-corrected chi connectivity index (χ0v) is 15.0. The van der Waals surface area contributed by atoms with Crippen molar-refractivity contribution >= 4 is 22.5 Å². The van der Waals surface area contributed by atoms with Gasteiger partial charge in [-0.25, -0.2) is 0 Å². The van der Waals surface area contributed by atoms with Crippen molar-refractivity contribution in [2.75, 3.05) is 20.2 Å². The van der Waals surface area contributed by atoms with E-state index in [2.05, 4.69) is 5.16 Å². The van der Waals surface area contributed by atoms with Gasteiger partial charge in [0, 0.05) is 18.2 Å². The highest BCUT2D eigenvalue weighted by Crippen LogP contribution is 2.22. The number of fused-ring (bicyclic) bond motifs is 1. The summed E-state index contributed by atoms with van der Waals surface area (Å²) in [6.45, 7) is 0.872. The summed E-state index contributed by atoms with van der Waals surface area (Å²) in [4.78, 5) is 13.9. The van der Waals surface area contributed by atoms with Gasteiger partial charge in [0.1, 0.15) is 12.4 Å². The summed E-state index contributed by atoms with van der Waals surface area (Å²) in [5.74, 6) is 0.760. The van der Waals surface area contributed by atoms with Gasteiger partial charge in [0.15, 0.2) is 5.84 Å². The van der Waals surface area contributed by atoms with E-state index < -0.39 is 0 Å². The molecule has 0 aromatic heterocycles. The number of hydrogen-bond acceptors (Lipinski definition) is 4. The van der Waals surface area contributed by atoms with Crippen LogP contribution in [0.15, 0.2) is 71.9 Å². The van der Waals surface area contributed by atoms with E-state index in [9.17, 15) is 4.79 Å². The van der Waals surface area contributed by atoms with Crippen LogP contribution in [0.25, 0.3) is 10.8 Å². The molecule has 0 bridgehead atoms. The van der Waals surface area contributed by atoms with Gasteiger partial charge < -0.3 is 20.6 Å². The van der Waals surface area contributed by atoms with Gasteiger partial charge in [0.05, 0.1) is 6.54 Å². The predicted molar refractivity (Wildman–Crippen MR) is 105 cm³/mol. The molecule has 0 heterocycles. The molecule has 0 fully saturated rings. The Kier molecular flexibility index (Phi) is 5.56. The van der Waals surface area contributed by atoms with Crippen LogP contribution in [0.2, 0.25) is 0 Å². The molecule has 0 aliphatic carbocycles. The fourth-order valence-electron chi connectivity index (χ4n) is 2.73. The van der Waals surface area contributed by atoms with Crippen molar-refractivity contribution in [3.8, 4) is 5.75 Å². The van der Waals surface area contributed by atoms with E-state index in [0.717, 1.165) is 16.5 Å². The van der Waals surface area contributed by atoms with Gasteiger partial charge >= 0.3 is 0 Å². The van der Waals surface area contributed by atoms with Gasteiger partial charge in [-0.15, -0.1) is 0 Å². The van der Waals surface area contributed by atoms with Crippen molar-refractivity contribution in [2.24, 2.45) is 10.9 Å². The largest absolute Gasteiger partial charge is 0.492 e. The third-order valence-electron chi connectivity index (χ3n) is 4.28. The normalized spacial score (nSPS) is 11.4. The Morgan fingerprint density at radius 2 is 1.74 bits per heavy atom. The Bertz CT molecular complexity index is 971. The van der Waals surface area contributed by atoms with Gasteiger partial charge in [0.25, 0.3) is 5.91 Å². The SMILES string of the molecule is CN(CCOc1ccc2cc(/C(N)=N\O)ccc2c1)C(=O)c1ccccc1. The van der Waals surface area contributed by atoms with Gasteiger partial charge in [-0.05, 0) is 41.1 Å². The minimum absolute atomic E-state index is 0.0339. The van der Waals surface area contributed by atoms with Gasteiger partial charge in [-0.2, -0.15) is 0 Å². The number of nitrogens with zero attached hydrogens (tertiary/aromatic N) is 2. The van der Waals surface area contributed by atoms with Crippen molar-refractivity contribution in [1.82, 2.24) is 4.90 Å². The van der Waals surface area contributed by atoms with E-state index in [1.165, 1.54) is 0 Å². The van der Waals surface area contributed by atoms with Crippen molar-refractivity contribution in [3.63, 3.8) is 0 Å². The van der Waals surface area contributed by atoms with Crippen LogP contribution in [0, 0.1) is 0 Å². The molecule has 6 heteroatoms. The summed E-state index contributed by atoms with van der Waals surface area (Å²) < 4.78 is 5.79. The molecule has 3 aromatic rings. The van der Waals surface area contributed by atoms with Crippen LogP contribution in [0.1, 0.15) is 15.9 Å². The Balaban J connectivity index is 1.61. The molecule has 3 aromatic carbocycles. The first kappa shape index (κ1) is 18.3. The Hall–Kier alpha value is -3.54. The lowest BCUT2D eigenvalue weighted by Gasteiger charge is -2.17. The van der Waals surface area contributed by atoms with E-state index in [1.54, 1.807) is 30.1 Å². The quantitative estimate of drug-likeness (QED) is 0.305. The number of hydrogen-bond donors (Lipinski definition) is 2. The van der Waals surface area contributed by atoms with Gasteiger partial charge in [0.2, 0.25) is 0 Å². The molecular weight excluding hydrogens is 342 g/mol. The molecule has 0 aliphatic heterocycles. The van der Waals surface area contributed by atoms with Crippen molar-refractivity contribution in [2.45, 2.75) is 0 Å². The number of carbonyl (C=O) groups excluding carboxylic acids is 1. The lowest BCUT2D eigenvalue weighted by molar-refractivity contribution is 0.0774. The molecule has 3 rings (SSSR count). The molecule has 0 unspecified atom stereocenters. The molecule has 138 valence electrons. The van der Waals surface area contributed by atoms with E-state index >= 15 is 0 Å². The van der Waals surface area contributed by atoms with E-state index in [-0.39, 0.29) is 11.7 Å². The second-order valence-electron chi connectivity index (χ2n) is 6.15. The zero-order chi connectivity index (χ0) is 19.2. The molecular formula is C21H21N3O3. The van der Waals surface area contributed by atoms with Crippen LogP contribution in [0.4, 0.5) is 0 Å². The number of amides is 1. The molecule has 0 spiro atoms. The fraction of sp³-hybridized carbons (Fsp3) is 0.143. The maximum absolute atomic E-state index is 12.3. The molecule has 0 saturated heterocycles.